The van der Waals surface area contributed by atoms with Crippen LogP contribution in [0.4, 0.5) is 4.79 Å². The second-order valence-electron chi connectivity index (χ2n) is 6.18. The van der Waals surface area contributed by atoms with E-state index in [9.17, 15) is 14.7 Å². The van der Waals surface area contributed by atoms with Crippen LogP contribution in [0, 0.1) is 11.3 Å². The molecule has 120 valence electrons. The lowest BCUT2D eigenvalue weighted by Crippen LogP contribution is -2.52. The fraction of sp³-hybridized carbons (Fsp3) is 0.529. The fourth-order valence-corrected chi connectivity index (χ4v) is 2.94. The van der Waals surface area contributed by atoms with Crippen LogP contribution in [0.5, 0.6) is 0 Å². The van der Waals surface area contributed by atoms with E-state index in [1.807, 2.05) is 44.2 Å². The van der Waals surface area contributed by atoms with Crippen molar-refractivity contribution < 1.29 is 19.4 Å². The Bertz CT molecular complexity index is 529. The second kappa shape index (κ2) is 6.81. The van der Waals surface area contributed by atoms with Crippen molar-refractivity contribution in [2.24, 2.45) is 11.3 Å². The van der Waals surface area contributed by atoms with Gasteiger partial charge in [0.2, 0.25) is 0 Å². The molecule has 5 nitrogen and oxygen atoms in total. The minimum absolute atomic E-state index is 0.0327. The number of hydrogen-bond acceptors (Lipinski definition) is 3. The zero-order valence-electron chi connectivity index (χ0n) is 13.1. The minimum atomic E-state index is -0.871. The molecule has 1 aromatic rings. The largest absolute Gasteiger partial charge is 0.481 e. The van der Waals surface area contributed by atoms with Crippen molar-refractivity contribution in [3.63, 3.8) is 0 Å². The predicted octanol–water partition coefficient (Wildman–Crippen LogP) is 3.15. The number of hydrogen-bond donors (Lipinski definition) is 1. The maximum absolute atomic E-state index is 12.2. The lowest BCUT2D eigenvalue weighted by molar-refractivity contribution is -0.155. The molecule has 1 aromatic carbocycles. The van der Waals surface area contributed by atoms with Crippen molar-refractivity contribution in [3.8, 4) is 0 Å². The molecule has 1 atom stereocenters. The van der Waals surface area contributed by atoms with Crippen molar-refractivity contribution in [2.75, 3.05) is 13.1 Å². The highest BCUT2D eigenvalue weighted by Crippen LogP contribution is 2.37. The Balaban J connectivity index is 1.99. The highest BCUT2D eigenvalue weighted by molar-refractivity contribution is 5.77. The van der Waals surface area contributed by atoms with Crippen LogP contribution < -0.4 is 0 Å². The molecule has 0 radical (unpaired) electrons. The number of carbonyl (C=O) groups excluding carboxylic acids is 1. The molecule has 1 N–H and O–H groups in total. The van der Waals surface area contributed by atoms with Gasteiger partial charge in [-0.3, -0.25) is 4.79 Å². The van der Waals surface area contributed by atoms with Crippen molar-refractivity contribution in [2.45, 2.75) is 33.3 Å². The Morgan fingerprint density at radius 2 is 2.00 bits per heavy atom. The Labute approximate surface area is 130 Å². The number of carbonyl (C=O) groups is 2. The van der Waals surface area contributed by atoms with Crippen molar-refractivity contribution >= 4 is 12.1 Å². The number of likely N-dealkylation sites (tertiary alicyclic amines) is 1. The first kappa shape index (κ1) is 16.3. The van der Waals surface area contributed by atoms with E-state index in [0.29, 0.717) is 19.4 Å². The van der Waals surface area contributed by atoms with E-state index in [1.165, 1.54) is 4.90 Å². The quantitative estimate of drug-likeness (QED) is 0.928. The molecule has 1 fully saturated rings. The van der Waals surface area contributed by atoms with E-state index < -0.39 is 17.5 Å². The number of carboxylic acids is 1. The maximum atomic E-state index is 12.2. The summed E-state index contributed by atoms with van der Waals surface area (Å²) in [5, 5.41) is 9.59. The number of rotatable bonds is 4. The van der Waals surface area contributed by atoms with E-state index in [0.717, 1.165) is 5.56 Å². The first-order valence-corrected chi connectivity index (χ1v) is 7.65. The van der Waals surface area contributed by atoms with Gasteiger partial charge in [-0.05, 0) is 24.3 Å². The van der Waals surface area contributed by atoms with Gasteiger partial charge in [-0.2, -0.15) is 0 Å². The zero-order valence-corrected chi connectivity index (χ0v) is 13.1. The number of benzene rings is 1. The van der Waals surface area contributed by atoms with Crippen LogP contribution in [0.15, 0.2) is 30.3 Å². The van der Waals surface area contributed by atoms with Gasteiger partial charge in [0, 0.05) is 13.1 Å². The fourth-order valence-electron chi connectivity index (χ4n) is 2.94. The Morgan fingerprint density at radius 3 is 2.59 bits per heavy atom. The maximum Gasteiger partial charge on any atom is 0.410 e. The molecule has 0 bridgehead atoms. The van der Waals surface area contributed by atoms with Gasteiger partial charge in [-0.25, -0.2) is 4.79 Å². The van der Waals surface area contributed by atoms with Crippen molar-refractivity contribution in [1.82, 2.24) is 4.90 Å². The summed E-state index contributed by atoms with van der Waals surface area (Å²) in [7, 11) is 0. The molecule has 0 aromatic heterocycles. The lowest BCUT2D eigenvalue weighted by atomic mass is 9.71. The van der Waals surface area contributed by atoms with Crippen LogP contribution in [0.25, 0.3) is 0 Å². The van der Waals surface area contributed by atoms with Crippen LogP contribution in [-0.4, -0.2) is 35.2 Å². The molecule has 1 heterocycles. The van der Waals surface area contributed by atoms with Gasteiger partial charge in [0.1, 0.15) is 6.61 Å². The predicted molar refractivity (Wildman–Crippen MR) is 82.3 cm³/mol. The number of carboxylic acid groups (broad SMARTS) is 1. The summed E-state index contributed by atoms with van der Waals surface area (Å²) in [4.78, 5) is 25.4. The van der Waals surface area contributed by atoms with Gasteiger partial charge in [0.15, 0.2) is 0 Å². The third-order valence-electron chi connectivity index (χ3n) is 4.52. The molecule has 0 aliphatic carbocycles. The summed E-state index contributed by atoms with van der Waals surface area (Å²) in [6.45, 7) is 4.76. The summed E-state index contributed by atoms with van der Waals surface area (Å²) in [6, 6.07) is 9.45. The van der Waals surface area contributed by atoms with Gasteiger partial charge in [0.05, 0.1) is 5.41 Å². The summed E-state index contributed by atoms with van der Waals surface area (Å²) < 4.78 is 5.31. The van der Waals surface area contributed by atoms with Crippen LogP contribution in [-0.2, 0) is 16.1 Å². The number of aliphatic carboxylic acids is 1. The van der Waals surface area contributed by atoms with Gasteiger partial charge >= 0.3 is 12.1 Å². The highest BCUT2D eigenvalue weighted by atomic mass is 16.6. The van der Waals surface area contributed by atoms with E-state index in [4.69, 9.17) is 4.74 Å². The second-order valence-corrected chi connectivity index (χ2v) is 6.18. The Kier molecular flexibility index (Phi) is 5.06. The summed E-state index contributed by atoms with van der Waals surface area (Å²) in [5.41, 5.74) is 0.0468. The van der Waals surface area contributed by atoms with Crippen LogP contribution in [0.1, 0.15) is 32.3 Å². The molecule has 0 unspecified atom stereocenters. The standard InChI is InChI=1S/C17H23NO4/c1-13(2)17(15(19)20)9-6-10-18(12-17)16(21)22-11-14-7-4-3-5-8-14/h3-5,7-8,13H,6,9-12H2,1-2H3,(H,19,20)/t17-/m1/s1. The third-order valence-corrected chi connectivity index (χ3v) is 4.52. The van der Waals surface area contributed by atoms with E-state index in [2.05, 4.69) is 0 Å². The monoisotopic (exact) mass is 305 g/mol. The number of nitrogens with zero attached hydrogens (tertiary/aromatic N) is 1. The average Bonchev–Trinajstić information content (AvgIpc) is 2.53. The van der Waals surface area contributed by atoms with Gasteiger partial charge in [0.25, 0.3) is 0 Å². The molecular formula is C17H23NO4. The zero-order chi connectivity index (χ0) is 16.2. The molecule has 22 heavy (non-hydrogen) atoms. The normalized spacial score (nSPS) is 21.7. The molecule has 0 spiro atoms. The Hall–Kier alpha value is -2.04. The molecule has 1 amide bonds. The van der Waals surface area contributed by atoms with Crippen molar-refractivity contribution in [3.05, 3.63) is 35.9 Å². The van der Waals surface area contributed by atoms with E-state index in [1.54, 1.807) is 0 Å². The van der Waals surface area contributed by atoms with E-state index in [-0.39, 0.29) is 19.1 Å². The molecule has 1 saturated heterocycles. The summed E-state index contributed by atoms with van der Waals surface area (Å²) in [6.07, 6.45) is 0.850. The topological polar surface area (TPSA) is 66.8 Å². The first-order chi connectivity index (χ1) is 10.5. The van der Waals surface area contributed by atoms with Crippen LogP contribution in [0.2, 0.25) is 0 Å². The molecule has 5 heteroatoms. The van der Waals surface area contributed by atoms with E-state index >= 15 is 0 Å². The minimum Gasteiger partial charge on any atom is -0.481 e. The number of ether oxygens (including phenoxy) is 1. The third kappa shape index (κ3) is 3.40. The average molecular weight is 305 g/mol. The number of piperidine rings is 1. The smallest absolute Gasteiger partial charge is 0.410 e. The Morgan fingerprint density at radius 1 is 1.32 bits per heavy atom. The van der Waals surface area contributed by atoms with Gasteiger partial charge in [-0.15, -0.1) is 0 Å². The summed E-state index contributed by atoms with van der Waals surface area (Å²) >= 11 is 0. The molecule has 1 aliphatic heterocycles. The highest BCUT2D eigenvalue weighted by Gasteiger charge is 2.46. The SMILES string of the molecule is CC(C)[C@@]1(C(=O)O)CCCN(C(=O)OCc2ccccc2)C1. The molecular weight excluding hydrogens is 282 g/mol. The summed E-state index contributed by atoms with van der Waals surface area (Å²) in [5.74, 6) is -0.863. The lowest BCUT2D eigenvalue weighted by Gasteiger charge is -2.41. The van der Waals surface area contributed by atoms with Crippen molar-refractivity contribution in [1.29, 1.82) is 0 Å². The number of amides is 1. The molecule has 2 rings (SSSR count). The van der Waals surface area contributed by atoms with Crippen LogP contribution >= 0.6 is 0 Å². The molecule has 0 saturated carbocycles. The van der Waals surface area contributed by atoms with Gasteiger partial charge in [-0.1, -0.05) is 44.2 Å². The molecule has 1 aliphatic rings. The van der Waals surface area contributed by atoms with Gasteiger partial charge < -0.3 is 14.7 Å². The van der Waals surface area contributed by atoms with Crippen LogP contribution in [0.3, 0.4) is 0 Å². The first-order valence-electron chi connectivity index (χ1n) is 7.65.